The number of nitrogens with zero attached hydrogens (tertiary/aromatic N) is 1. The van der Waals surface area contributed by atoms with Gasteiger partial charge >= 0.3 is 0 Å². The lowest BCUT2D eigenvalue weighted by Gasteiger charge is -2.29. The standard InChI is InChI=1S/C21H26N2O2/c1-16(2)15-25-20-12-6-4-10-18(20)22-14-21(24)23-13-7-9-17-8-3-5-11-19(17)23/h3-6,8,10-12,16,22H,7,9,13-15H2,1-2H3. The average Bonchev–Trinajstić information content (AvgIpc) is 2.64. The van der Waals surface area contributed by atoms with Crippen molar-refractivity contribution in [2.75, 3.05) is 29.9 Å². The Bertz CT molecular complexity index is 727. The highest BCUT2D eigenvalue weighted by Gasteiger charge is 2.21. The Morgan fingerprint density at radius 3 is 2.76 bits per heavy atom. The molecule has 2 aromatic carbocycles. The summed E-state index contributed by atoms with van der Waals surface area (Å²) in [7, 11) is 0. The number of anilines is 2. The first kappa shape index (κ1) is 17.3. The number of carbonyl (C=O) groups excluding carboxylic acids is 1. The van der Waals surface area contributed by atoms with Gasteiger partial charge in [0.15, 0.2) is 0 Å². The van der Waals surface area contributed by atoms with Crippen molar-refractivity contribution >= 4 is 17.3 Å². The van der Waals surface area contributed by atoms with E-state index in [9.17, 15) is 4.79 Å². The van der Waals surface area contributed by atoms with E-state index in [-0.39, 0.29) is 12.5 Å². The van der Waals surface area contributed by atoms with Crippen LogP contribution in [0.15, 0.2) is 48.5 Å². The molecular weight excluding hydrogens is 312 g/mol. The molecule has 2 aromatic rings. The van der Waals surface area contributed by atoms with E-state index in [0.717, 1.165) is 36.5 Å². The molecule has 25 heavy (non-hydrogen) atoms. The number of amides is 1. The van der Waals surface area contributed by atoms with Crippen molar-refractivity contribution in [1.29, 1.82) is 0 Å². The van der Waals surface area contributed by atoms with Crippen LogP contribution in [0.5, 0.6) is 5.75 Å². The van der Waals surface area contributed by atoms with Crippen LogP contribution in [0.1, 0.15) is 25.8 Å². The predicted molar refractivity (Wildman–Crippen MR) is 102 cm³/mol. The van der Waals surface area contributed by atoms with Gasteiger partial charge in [-0.05, 0) is 42.5 Å². The van der Waals surface area contributed by atoms with Crippen LogP contribution in [-0.4, -0.2) is 25.6 Å². The van der Waals surface area contributed by atoms with Crippen LogP contribution >= 0.6 is 0 Å². The molecule has 0 spiro atoms. The van der Waals surface area contributed by atoms with Crippen molar-refractivity contribution in [1.82, 2.24) is 0 Å². The Labute approximate surface area is 149 Å². The average molecular weight is 338 g/mol. The number of benzene rings is 2. The molecule has 0 bridgehead atoms. The summed E-state index contributed by atoms with van der Waals surface area (Å²) in [6, 6.07) is 16.0. The van der Waals surface area contributed by atoms with E-state index in [1.807, 2.05) is 47.4 Å². The third-order valence-corrected chi connectivity index (χ3v) is 4.30. The highest BCUT2D eigenvalue weighted by atomic mass is 16.5. The molecule has 0 aromatic heterocycles. The van der Waals surface area contributed by atoms with Gasteiger partial charge in [-0.15, -0.1) is 0 Å². The van der Waals surface area contributed by atoms with E-state index in [1.54, 1.807) is 0 Å². The predicted octanol–water partition coefficient (Wildman–Crippen LogP) is 4.11. The molecular formula is C21H26N2O2. The van der Waals surface area contributed by atoms with Gasteiger partial charge in [-0.1, -0.05) is 44.2 Å². The SMILES string of the molecule is CC(C)COc1ccccc1NCC(=O)N1CCCc2ccccc21. The first-order valence-electron chi connectivity index (χ1n) is 8.99. The van der Waals surface area contributed by atoms with Crippen LogP contribution in [0.3, 0.4) is 0 Å². The van der Waals surface area contributed by atoms with Gasteiger partial charge in [-0.25, -0.2) is 0 Å². The third-order valence-electron chi connectivity index (χ3n) is 4.30. The molecule has 132 valence electrons. The molecule has 3 rings (SSSR count). The number of para-hydroxylation sites is 3. The number of fused-ring (bicyclic) bond motifs is 1. The quantitative estimate of drug-likeness (QED) is 0.862. The minimum absolute atomic E-state index is 0.0887. The number of carbonyl (C=O) groups is 1. The minimum Gasteiger partial charge on any atom is -0.491 e. The maximum absolute atomic E-state index is 12.7. The second-order valence-corrected chi connectivity index (χ2v) is 6.83. The largest absolute Gasteiger partial charge is 0.491 e. The molecule has 1 aliphatic rings. The summed E-state index contributed by atoms with van der Waals surface area (Å²) in [5.74, 6) is 1.34. The molecule has 1 N–H and O–H groups in total. The maximum Gasteiger partial charge on any atom is 0.246 e. The summed E-state index contributed by atoms with van der Waals surface area (Å²) in [6.45, 7) is 5.94. The minimum atomic E-state index is 0.0887. The van der Waals surface area contributed by atoms with Gasteiger partial charge < -0.3 is 15.0 Å². The highest BCUT2D eigenvalue weighted by molar-refractivity contribution is 5.97. The van der Waals surface area contributed by atoms with Crippen LogP contribution in [0.25, 0.3) is 0 Å². The number of hydrogen-bond acceptors (Lipinski definition) is 3. The number of nitrogens with one attached hydrogen (secondary N) is 1. The Morgan fingerprint density at radius 2 is 1.92 bits per heavy atom. The molecule has 0 saturated heterocycles. The zero-order valence-electron chi connectivity index (χ0n) is 15.0. The second-order valence-electron chi connectivity index (χ2n) is 6.83. The lowest BCUT2D eigenvalue weighted by molar-refractivity contribution is -0.117. The molecule has 0 atom stereocenters. The van der Waals surface area contributed by atoms with Gasteiger partial charge in [0.1, 0.15) is 5.75 Å². The summed E-state index contributed by atoms with van der Waals surface area (Å²) in [5, 5.41) is 3.25. The molecule has 0 unspecified atom stereocenters. The molecule has 0 aliphatic carbocycles. The van der Waals surface area contributed by atoms with Crippen molar-refractivity contribution in [2.24, 2.45) is 5.92 Å². The van der Waals surface area contributed by atoms with Crippen molar-refractivity contribution in [3.05, 3.63) is 54.1 Å². The monoisotopic (exact) mass is 338 g/mol. The summed E-state index contributed by atoms with van der Waals surface area (Å²) in [5.41, 5.74) is 3.16. The fraction of sp³-hybridized carbons (Fsp3) is 0.381. The lowest BCUT2D eigenvalue weighted by atomic mass is 10.0. The summed E-state index contributed by atoms with van der Waals surface area (Å²) < 4.78 is 5.85. The van der Waals surface area contributed by atoms with Gasteiger partial charge in [-0.2, -0.15) is 0 Å². The fourth-order valence-electron chi connectivity index (χ4n) is 3.05. The zero-order valence-corrected chi connectivity index (χ0v) is 15.0. The topological polar surface area (TPSA) is 41.6 Å². The number of aryl methyl sites for hydroxylation is 1. The van der Waals surface area contributed by atoms with Crippen molar-refractivity contribution in [3.8, 4) is 5.75 Å². The van der Waals surface area contributed by atoms with Crippen LogP contribution in [0, 0.1) is 5.92 Å². The molecule has 0 radical (unpaired) electrons. The van der Waals surface area contributed by atoms with E-state index in [2.05, 4.69) is 25.2 Å². The molecule has 0 saturated carbocycles. The number of ether oxygens (including phenoxy) is 1. The van der Waals surface area contributed by atoms with E-state index in [4.69, 9.17) is 4.74 Å². The number of hydrogen-bond donors (Lipinski definition) is 1. The van der Waals surface area contributed by atoms with Crippen LogP contribution in [0.4, 0.5) is 11.4 Å². The van der Waals surface area contributed by atoms with Crippen molar-refractivity contribution < 1.29 is 9.53 Å². The van der Waals surface area contributed by atoms with Gasteiger partial charge in [0.05, 0.1) is 18.8 Å². The summed E-state index contributed by atoms with van der Waals surface area (Å²) >= 11 is 0. The van der Waals surface area contributed by atoms with Crippen LogP contribution < -0.4 is 15.0 Å². The Balaban J connectivity index is 1.66. The zero-order chi connectivity index (χ0) is 17.6. The van der Waals surface area contributed by atoms with Gasteiger partial charge in [0, 0.05) is 12.2 Å². The lowest BCUT2D eigenvalue weighted by Crippen LogP contribution is -2.39. The molecule has 0 fully saturated rings. The molecule has 1 amide bonds. The van der Waals surface area contributed by atoms with Gasteiger partial charge in [-0.3, -0.25) is 4.79 Å². The van der Waals surface area contributed by atoms with E-state index < -0.39 is 0 Å². The highest BCUT2D eigenvalue weighted by Crippen LogP contribution is 2.27. The smallest absolute Gasteiger partial charge is 0.246 e. The summed E-state index contributed by atoms with van der Waals surface area (Å²) in [4.78, 5) is 14.6. The molecule has 4 heteroatoms. The fourth-order valence-corrected chi connectivity index (χ4v) is 3.05. The van der Waals surface area contributed by atoms with Gasteiger partial charge in [0.2, 0.25) is 5.91 Å². The van der Waals surface area contributed by atoms with Gasteiger partial charge in [0.25, 0.3) is 0 Å². The van der Waals surface area contributed by atoms with Crippen LogP contribution in [-0.2, 0) is 11.2 Å². The molecule has 1 heterocycles. The van der Waals surface area contributed by atoms with E-state index >= 15 is 0 Å². The van der Waals surface area contributed by atoms with E-state index in [1.165, 1.54) is 5.56 Å². The summed E-state index contributed by atoms with van der Waals surface area (Å²) in [6.07, 6.45) is 2.05. The maximum atomic E-state index is 12.7. The van der Waals surface area contributed by atoms with Crippen molar-refractivity contribution in [3.63, 3.8) is 0 Å². The second kappa shape index (κ2) is 8.06. The number of rotatable bonds is 6. The first-order chi connectivity index (χ1) is 12.1. The Hall–Kier alpha value is -2.49. The van der Waals surface area contributed by atoms with Crippen LogP contribution in [0.2, 0.25) is 0 Å². The molecule has 4 nitrogen and oxygen atoms in total. The van der Waals surface area contributed by atoms with E-state index in [0.29, 0.717) is 12.5 Å². The molecule has 1 aliphatic heterocycles. The normalized spacial score (nSPS) is 13.5. The Morgan fingerprint density at radius 1 is 1.16 bits per heavy atom. The third kappa shape index (κ3) is 4.32. The first-order valence-corrected chi connectivity index (χ1v) is 8.99. The van der Waals surface area contributed by atoms with Crippen molar-refractivity contribution in [2.45, 2.75) is 26.7 Å². The Kier molecular flexibility index (Phi) is 5.59.